The molecule has 0 spiro atoms. The molecular weight excluding hydrogens is 168 g/mol. The molecule has 1 saturated carbocycles. The Balaban J connectivity index is 2.87. The first-order valence-electron chi connectivity index (χ1n) is 4.54. The zero-order chi connectivity index (χ0) is 9.90. The zero-order valence-corrected chi connectivity index (χ0v) is 7.95. The van der Waals surface area contributed by atoms with Crippen LogP contribution in [0.5, 0.6) is 0 Å². The molecule has 2 atom stereocenters. The van der Waals surface area contributed by atoms with Crippen molar-refractivity contribution in [2.24, 2.45) is 5.41 Å². The normalized spacial score (nSPS) is 33.2. The van der Waals surface area contributed by atoms with E-state index >= 15 is 0 Å². The van der Waals surface area contributed by atoms with Gasteiger partial charge < -0.3 is 9.84 Å². The molecule has 0 aromatic heterocycles. The number of rotatable bonds is 4. The minimum Gasteiger partial charge on any atom is -0.481 e. The van der Waals surface area contributed by atoms with Gasteiger partial charge in [-0.15, -0.1) is 6.58 Å². The van der Waals surface area contributed by atoms with Crippen LogP contribution in [0.15, 0.2) is 12.7 Å². The van der Waals surface area contributed by atoms with Gasteiger partial charge in [0, 0.05) is 7.11 Å². The summed E-state index contributed by atoms with van der Waals surface area (Å²) in [4.78, 5) is 11.2. The van der Waals surface area contributed by atoms with E-state index < -0.39 is 11.4 Å². The van der Waals surface area contributed by atoms with E-state index in [1.165, 1.54) is 0 Å². The highest BCUT2D eigenvalue weighted by Crippen LogP contribution is 2.43. The van der Waals surface area contributed by atoms with Crippen molar-refractivity contribution in [2.75, 3.05) is 7.11 Å². The first kappa shape index (κ1) is 10.3. The summed E-state index contributed by atoms with van der Waals surface area (Å²) in [5.74, 6) is -0.753. The first-order valence-corrected chi connectivity index (χ1v) is 4.54. The van der Waals surface area contributed by atoms with E-state index in [1.807, 2.05) is 0 Å². The van der Waals surface area contributed by atoms with Crippen molar-refractivity contribution in [3.8, 4) is 0 Å². The highest BCUT2D eigenvalue weighted by atomic mass is 16.5. The van der Waals surface area contributed by atoms with Gasteiger partial charge in [0.1, 0.15) is 0 Å². The van der Waals surface area contributed by atoms with Crippen LogP contribution in [-0.4, -0.2) is 24.3 Å². The zero-order valence-electron chi connectivity index (χ0n) is 7.95. The van der Waals surface area contributed by atoms with Crippen LogP contribution in [0.4, 0.5) is 0 Å². The molecule has 1 fully saturated rings. The lowest BCUT2D eigenvalue weighted by molar-refractivity contribution is -0.155. The molecule has 0 aliphatic heterocycles. The summed E-state index contributed by atoms with van der Waals surface area (Å²) >= 11 is 0. The number of hydrogen-bond donors (Lipinski definition) is 1. The third-order valence-electron chi connectivity index (χ3n) is 2.92. The second-order valence-corrected chi connectivity index (χ2v) is 3.57. The van der Waals surface area contributed by atoms with Gasteiger partial charge in [-0.2, -0.15) is 0 Å². The van der Waals surface area contributed by atoms with Crippen molar-refractivity contribution in [2.45, 2.75) is 31.8 Å². The molecule has 0 heterocycles. The lowest BCUT2D eigenvalue weighted by Crippen LogP contribution is -2.38. The van der Waals surface area contributed by atoms with E-state index in [0.717, 1.165) is 12.8 Å². The Morgan fingerprint density at radius 2 is 2.54 bits per heavy atom. The SMILES string of the molecule is C=CC[C@@]1(C(=O)O)CCC[C@@H]1OC. The van der Waals surface area contributed by atoms with E-state index in [1.54, 1.807) is 13.2 Å². The van der Waals surface area contributed by atoms with Crippen LogP contribution in [0.3, 0.4) is 0 Å². The topological polar surface area (TPSA) is 46.5 Å². The number of aliphatic carboxylic acids is 1. The average molecular weight is 184 g/mol. The second-order valence-electron chi connectivity index (χ2n) is 3.57. The molecule has 1 aliphatic carbocycles. The minimum atomic E-state index is -0.753. The third-order valence-corrected chi connectivity index (χ3v) is 2.92. The third kappa shape index (κ3) is 1.61. The lowest BCUT2D eigenvalue weighted by atomic mass is 9.81. The Morgan fingerprint density at radius 3 is 3.00 bits per heavy atom. The van der Waals surface area contributed by atoms with Crippen molar-refractivity contribution < 1.29 is 14.6 Å². The molecule has 0 aromatic carbocycles. The predicted octanol–water partition coefficient (Wildman–Crippen LogP) is 1.83. The largest absolute Gasteiger partial charge is 0.481 e. The lowest BCUT2D eigenvalue weighted by Gasteiger charge is -2.28. The standard InChI is InChI=1S/C10H16O3/c1-3-6-10(9(11)12)7-4-5-8(10)13-2/h3,8H,1,4-7H2,2H3,(H,11,12)/t8-,10+/m0/s1. The van der Waals surface area contributed by atoms with E-state index in [4.69, 9.17) is 9.84 Å². The summed E-state index contributed by atoms with van der Waals surface area (Å²) in [5.41, 5.74) is -0.712. The summed E-state index contributed by atoms with van der Waals surface area (Å²) < 4.78 is 5.21. The quantitative estimate of drug-likeness (QED) is 0.678. The number of methoxy groups -OCH3 is 1. The van der Waals surface area contributed by atoms with Crippen molar-refractivity contribution in [1.29, 1.82) is 0 Å². The van der Waals surface area contributed by atoms with Gasteiger partial charge in [0.2, 0.25) is 0 Å². The van der Waals surface area contributed by atoms with E-state index in [0.29, 0.717) is 12.8 Å². The fourth-order valence-corrected chi connectivity index (χ4v) is 2.21. The molecule has 74 valence electrons. The van der Waals surface area contributed by atoms with Crippen LogP contribution in [0.1, 0.15) is 25.7 Å². The van der Waals surface area contributed by atoms with Gasteiger partial charge >= 0.3 is 5.97 Å². The Kier molecular flexibility index (Phi) is 3.09. The molecule has 0 radical (unpaired) electrons. The van der Waals surface area contributed by atoms with Crippen LogP contribution < -0.4 is 0 Å². The molecular formula is C10H16O3. The minimum absolute atomic E-state index is 0.150. The number of hydrogen-bond acceptors (Lipinski definition) is 2. The fourth-order valence-electron chi connectivity index (χ4n) is 2.21. The molecule has 0 saturated heterocycles. The molecule has 0 amide bonds. The summed E-state index contributed by atoms with van der Waals surface area (Å²) in [6.07, 6.45) is 4.50. The Labute approximate surface area is 78.4 Å². The average Bonchev–Trinajstić information content (AvgIpc) is 2.49. The van der Waals surface area contributed by atoms with Gasteiger partial charge in [-0.05, 0) is 25.7 Å². The Hall–Kier alpha value is -0.830. The summed E-state index contributed by atoms with van der Waals surface area (Å²) in [6, 6.07) is 0. The predicted molar refractivity (Wildman–Crippen MR) is 49.5 cm³/mol. The number of carboxylic acid groups (broad SMARTS) is 1. The molecule has 3 heteroatoms. The number of carbonyl (C=O) groups is 1. The van der Waals surface area contributed by atoms with Crippen LogP contribution in [0.25, 0.3) is 0 Å². The van der Waals surface area contributed by atoms with Crippen LogP contribution in [0, 0.1) is 5.41 Å². The van der Waals surface area contributed by atoms with Gasteiger partial charge in [-0.25, -0.2) is 0 Å². The van der Waals surface area contributed by atoms with Gasteiger partial charge in [0.05, 0.1) is 11.5 Å². The smallest absolute Gasteiger partial charge is 0.312 e. The van der Waals surface area contributed by atoms with Crippen LogP contribution in [-0.2, 0) is 9.53 Å². The van der Waals surface area contributed by atoms with E-state index in [-0.39, 0.29) is 6.10 Å². The Morgan fingerprint density at radius 1 is 1.85 bits per heavy atom. The maximum atomic E-state index is 11.2. The van der Waals surface area contributed by atoms with E-state index in [2.05, 4.69) is 6.58 Å². The number of carboxylic acids is 1. The maximum absolute atomic E-state index is 11.2. The summed E-state index contributed by atoms with van der Waals surface area (Å²) in [5, 5.41) is 9.17. The number of allylic oxidation sites excluding steroid dienone is 1. The van der Waals surface area contributed by atoms with Crippen molar-refractivity contribution >= 4 is 5.97 Å². The summed E-state index contributed by atoms with van der Waals surface area (Å²) in [7, 11) is 1.58. The molecule has 0 bridgehead atoms. The molecule has 1 aliphatic rings. The van der Waals surface area contributed by atoms with Crippen molar-refractivity contribution in [3.05, 3.63) is 12.7 Å². The Bertz CT molecular complexity index is 212. The van der Waals surface area contributed by atoms with Crippen LogP contribution in [0.2, 0.25) is 0 Å². The molecule has 0 aromatic rings. The highest BCUT2D eigenvalue weighted by molar-refractivity contribution is 5.76. The summed E-state index contributed by atoms with van der Waals surface area (Å²) in [6.45, 7) is 3.60. The van der Waals surface area contributed by atoms with Gasteiger partial charge in [-0.1, -0.05) is 6.08 Å². The molecule has 13 heavy (non-hydrogen) atoms. The van der Waals surface area contributed by atoms with Crippen molar-refractivity contribution in [3.63, 3.8) is 0 Å². The molecule has 0 unspecified atom stereocenters. The molecule has 1 rings (SSSR count). The number of ether oxygens (including phenoxy) is 1. The molecule has 1 N–H and O–H groups in total. The van der Waals surface area contributed by atoms with Crippen LogP contribution >= 0.6 is 0 Å². The maximum Gasteiger partial charge on any atom is 0.312 e. The van der Waals surface area contributed by atoms with Gasteiger partial charge in [0.25, 0.3) is 0 Å². The van der Waals surface area contributed by atoms with Gasteiger partial charge in [-0.3, -0.25) is 4.79 Å². The van der Waals surface area contributed by atoms with E-state index in [9.17, 15) is 4.79 Å². The highest BCUT2D eigenvalue weighted by Gasteiger charge is 2.48. The second kappa shape index (κ2) is 3.92. The molecule has 3 nitrogen and oxygen atoms in total. The first-order chi connectivity index (χ1) is 6.17. The fraction of sp³-hybridized carbons (Fsp3) is 0.700. The van der Waals surface area contributed by atoms with Crippen molar-refractivity contribution in [1.82, 2.24) is 0 Å². The monoisotopic (exact) mass is 184 g/mol. The van der Waals surface area contributed by atoms with Gasteiger partial charge in [0.15, 0.2) is 0 Å².